The van der Waals surface area contributed by atoms with Gasteiger partial charge in [-0.15, -0.1) is 0 Å². The average molecular weight is 442 g/mol. The Labute approximate surface area is 173 Å². The Morgan fingerprint density at radius 2 is 1.86 bits per heavy atom. The lowest BCUT2D eigenvalue weighted by Crippen LogP contribution is -2.01. The zero-order chi connectivity index (χ0) is 20.1. The fraction of sp³-hybridized carbons (Fsp3) is 0.174. The van der Waals surface area contributed by atoms with Crippen LogP contribution in [-0.2, 0) is 6.61 Å². The minimum absolute atomic E-state index is 0.109. The van der Waals surface area contributed by atoms with E-state index in [4.69, 9.17) is 9.47 Å². The molecule has 0 amide bonds. The van der Waals surface area contributed by atoms with Gasteiger partial charge in [-0.3, -0.25) is 4.99 Å². The Morgan fingerprint density at radius 3 is 2.57 bits per heavy atom. The summed E-state index contributed by atoms with van der Waals surface area (Å²) in [5.74, 6) is 0.775. The van der Waals surface area contributed by atoms with Gasteiger partial charge in [-0.2, -0.15) is 0 Å². The summed E-state index contributed by atoms with van der Waals surface area (Å²) >= 11 is 3.52. The van der Waals surface area contributed by atoms with Crippen LogP contribution in [0.4, 0.5) is 10.1 Å². The molecule has 3 nitrogen and oxygen atoms in total. The molecule has 0 heterocycles. The van der Waals surface area contributed by atoms with Crippen molar-refractivity contribution in [3.63, 3.8) is 0 Å². The molecule has 0 saturated carbocycles. The highest BCUT2D eigenvalue weighted by molar-refractivity contribution is 9.10. The molecular weight excluding hydrogens is 421 g/mol. The molecule has 0 fully saturated rings. The summed E-state index contributed by atoms with van der Waals surface area (Å²) < 4.78 is 25.8. The van der Waals surface area contributed by atoms with Crippen LogP contribution in [0.1, 0.15) is 22.3 Å². The summed E-state index contributed by atoms with van der Waals surface area (Å²) in [4.78, 5) is 4.58. The van der Waals surface area contributed by atoms with Crippen molar-refractivity contribution in [2.75, 3.05) is 7.11 Å². The Balaban J connectivity index is 1.83. The van der Waals surface area contributed by atoms with E-state index in [1.165, 1.54) is 11.6 Å². The summed E-state index contributed by atoms with van der Waals surface area (Å²) in [6.45, 7) is 4.20. The van der Waals surface area contributed by atoms with E-state index in [2.05, 4.69) is 33.9 Å². The minimum Gasteiger partial charge on any atom is -0.493 e. The van der Waals surface area contributed by atoms with Crippen LogP contribution < -0.4 is 9.47 Å². The molecule has 144 valence electrons. The number of hydrogen-bond donors (Lipinski definition) is 0. The van der Waals surface area contributed by atoms with Crippen molar-refractivity contribution >= 4 is 27.8 Å². The third kappa shape index (κ3) is 4.78. The van der Waals surface area contributed by atoms with Crippen LogP contribution in [0, 0.1) is 19.7 Å². The maximum Gasteiger partial charge on any atom is 0.175 e. The smallest absolute Gasteiger partial charge is 0.175 e. The molecular formula is C23H21BrFNO2. The van der Waals surface area contributed by atoms with E-state index in [0.717, 1.165) is 16.8 Å². The maximum absolute atomic E-state index is 13.8. The molecule has 0 N–H and O–H groups in total. The lowest BCUT2D eigenvalue weighted by molar-refractivity contribution is 0.278. The fourth-order valence-corrected chi connectivity index (χ4v) is 3.39. The van der Waals surface area contributed by atoms with Crippen molar-refractivity contribution < 1.29 is 13.9 Å². The van der Waals surface area contributed by atoms with Gasteiger partial charge in [-0.05, 0) is 65.2 Å². The first-order valence-electron chi connectivity index (χ1n) is 8.83. The Bertz CT molecular complexity index is 1020. The molecule has 0 aliphatic rings. The number of ether oxygens (including phenoxy) is 2. The van der Waals surface area contributed by atoms with Gasteiger partial charge in [0, 0.05) is 11.8 Å². The van der Waals surface area contributed by atoms with Gasteiger partial charge in [0.2, 0.25) is 0 Å². The Kier molecular flexibility index (Phi) is 6.47. The number of benzene rings is 3. The van der Waals surface area contributed by atoms with Crippen molar-refractivity contribution in [1.82, 2.24) is 0 Å². The van der Waals surface area contributed by atoms with E-state index in [1.54, 1.807) is 31.5 Å². The number of rotatable bonds is 6. The fourth-order valence-electron chi connectivity index (χ4n) is 2.81. The summed E-state index contributed by atoms with van der Waals surface area (Å²) in [5.41, 5.74) is 4.59. The number of aryl methyl sites for hydroxylation is 2. The number of halogens is 2. The molecule has 5 heteroatoms. The highest BCUT2D eigenvalue weighted by atomic mass is 79.9. The molecule has 0 aliphatic carbocycles. The zero-order valence-corrected chi connectivity index (χ0v) is 17.6. The summed E-state index contributed by atoms with van der Waals surface area (Å²) in [6, 6.07) is 16.4. The van der Waals surface area contributed by atoms with Crippen LogP contribution in [0.15, 0.2) is 64.1 Å². The maximum atomic E-state index is 13.8. The standard InChI is InChI=1S/C23H21BrFNO2/c1-15-8-9-21(16(2)10-15)26-13-17-11-19(24)23(22(12-17)27-3)28-14-18-6-4-5-7-20(18)25/h4-13H,14H2,1-3H3. The van der Waals surface area contributed by atoms with E-state index >= 15 is 0 Å². The van der Waals surface area contributed by atoms with Gasteiger partial charge in [-0.25, -0.2) is 4.39 Å². The van der Waals surface area contributed by atoms with Gasteiger partial charge >= 0.3 is 0 Å². The third-order valence-electron chi connectivity index (χ3n) is 4.29. The third-order valence-corrected chi connectivity index (χ3v) is 4.88. The highest BCUT2D eigenvalue weighted by Gasteiger charge is 2.12. The Morgan fingerprint density at radius 1 is 1.07 bits per heavy atom. The predicted molar refractivity (Wildman–Crippen MR) is 115 cm³/mol. The number of nitrogens with zero attached hydrogens (tertiary/aromatic N) is 1. The second-order valence-corrected chi connectivity index (χ2v) is 7.32. The highest BCUT2D eigenvalue weighted by Crippen LogP contribution is 2.37. The van der Waals surface area contributed by atoms with Crippen molar-refractivity contribution in [1.29, 1.82) is 0 Å². The van der Waals surface area contributed by atoms with E-state index in [-0.39, 0.29) is 12.4 Å². The first-order valence-corrected chi connectivity index (χ1v) is 9.62. The van der Waals surface area contributed by atoms with Gasteiger partial charge in [0.1, 0.15) is 12.4 Å². The molecule has 0 saturated heterocycles. The average Bonchev–Trinajstić information content (AvgIpc) is 2.67. The molecule has 0 aromatic heterocycles. The quantitative estimate of drug-likeness (QED) is 0.406. The lowest BCUT2D eigenvalue weighted by Gasteiger charge is -2.14. The molecule has 28 heavy (non-hydrogen) atoms. The van der Waals surface area contributed by atoms with Crippen LogP contribution in [0.3, 0.4) is 0 Å². The second-order valence-electron chi connectivity index (χ2n) is 6.46. The largest absolute Gasteiger partial charge is 0.493 e. The molecule has 0 aliphatic heterocycles. The van der Waals surface area contributed by atoms with Crippen molar-refractivity contribution in [3.8, 4) is 11.5 Å². The number of methoxy groups -OCH3 is 1. The van der Waals surface area contributed by atoms with Crippen molar-refractivity contribution in [3.05, 3.63) is 87.1 Å². The molecule has 0 bridgehead atoms. The van der Waals surface area contributed by atoms with Crippen LogP contribution in [-0.4, -0.2) is 13.3 Å². The normalized spacial score (nSPS) is 11.0. The van der Waals surface area contributed by atoms with Gasteiger partial charge in [0.15, 0.2) is 11.5 Å². The van der Waals surface area contributed by atoms with Crippen LogP contribution in [0.2, 0.25) is 0 Å². The number of aliphatic imine (C=N–C) groups is 1. The molecule has 0 atom stereocenters. The van der Waals surface area contributed by atoms with E-state index in [9.17, 15) is 4.39 Å². The number of hydrogen-bond acceptors (Lipinski definition) is 3. The van der Waals surface area contributed by atoms with Gasteiger partial charge in [-0.1, -0.05) is 35.9 Å². The molecule has 3 aromatic rings. The predicted octanol–water partition coefficient (Wildman–Crippen LogP) is 6.54. The van der Waals surface area contributed by atoms with Crippen LogP contribution >= 0.6 is 15.9 Å². The summed E-state index contributed by atoms with van der Waals surface area (Å²) in [7, 11) is 1.57. The van der Waals surface area contributed by atoms with Gasteiger partial charge in [0.25, 0.3) is 0 Å². The van der Waals surface area contributed by atoms with Crippen molar-refractivity contribution in [2.45, 2.75) is 20.5 Å². The molecule has 3 aromatic carbocycles. The SMILES string of the molecule is COc1cc(C=Nc2ccc(C)cc2C)cc(Br)c1OCc1ccccc1F. The molecule has 0 radical (unpaired) electrons. The molecule has 0 spiro atoms. The van der Waals surface area contributed by atoms with Gasteiger partial charge < -0.3 is 9.47 Å². The zero-order valence-electron chi connectivity index (χ0n) is 16.0. The molecule has 0 unspecified atom stereocenters. The lowest BCUT2D eigenvalue weighted by atomic mass is 10.1. The summed E-state index contributed by atoms with van der Waals surface area (Å²) in [5, 5.41) is 0. The summed E-state index contributed by atoms with van der Waals surface area (Å²) in [6.07, 6.45) is 1.78. The Hall–Kier alpha value is -2.66. The van der Waals surface area contributed by atoms with E-state index in [1.807, 2.05) is 31.2 Å². The van der Waals surface area contributed by atoms with E-state index < -0.39 is 0 Å². The van der Waals surface area contributed by atoms with Crippen LogP contribution in [0.5, 0.6) is 11.5 Å². The second kappa shape index (κ2) is 9.02. The van der Waals surface area contributed by atoms with E-state index in [0.29, 0.717) is 21.5 Å². The van der Waals surface area contributed by atoms with Crippen molar-refractivity contribution in [2.24, 2.45) is 4.99 Å². The first kappa shape index (κ1) is 20.1. The van der Waals surface area contributed by atoms with Crippen LogP contribution in [0.25, 0.3) is 0 Å². The first-order chi connectivity index (χ1) is 13.5. The topological polar surface area (TPSA) is 30.8 Å². The minimum atomic E-state index is -0.296. The van der Waals surface area contributed by atoms with Gasteiger partial charge in [0.05, 0.1) is 17.3 Å². The monoisotopic (exact) mass is 441 g/mol. The molecule has 3 rings (SSSR count).